The highest BCUT2D eigenvalue weighted by molar-refractivity contribution is 7.07. The van der Waals surface area contributed by atoms with Crippen molar-refractivity contribution in [2.24, 2.45) is 4.99 Å². The van der Waals surface area contributed by atoms with E-state index in [0.717, 1.165) is 11.1 Å². The number of methoxy groups -OCH3 is 1. The average Bonchev–Trinajstić information content (AvgIpc) is 3.34. The summed E-state index contributed by atoms with van der Waals surface area (Å²) in [6.07, 6.45) is 1.77. The van der Waals surface area contributed by atoms with Gasteiger partial charge in [-0.2, -0.15) is 0 Å². The van der Waals surface area contributed by atoms with Crippen molar-refractivity contribution < 1.29 is 28.7 Å². The lowest BCUT2D eigenvalue weighted by Gasteiger charge is -2.25. The van der Waals surface area contributed by atoms with Crippen LogP contribution in [0.5, 0.6) is 17.2 Å². The summed E-state index contributed by atoms with van der Waals surface area (Å²) in [6, 6.07) is 17.9. The third kappa shape index (κ3) is 6.65. The van der Waals surface area contributed by atoms with Crippen molar-refractivity contribution in [3.05, 3.63) is 124 Å². The molecule has 2 heterocycles. The fraction of sp³-hybridized carbons (Fsp3) is 0.242. The molecule has 0 N–H and O–H groups in total. The molecule has 11 nitrogen and oxygen atoms in total. The first-order chi connectivity index (χ1) is 21.7. The van der Waals surface area contributed by atoms with Gasteiger partial charge in [-0.3, -0.25) is 19.5 Å². The van der Waals surface area contributed by atoms with Crippen molar-refractivity contribution in [1.82, 2.24) is 4.57 Å². The van der Waals surface area contributed by atoms with Gasteiger partial charge in [-0.05, 0) is 79.9 Å². The summed E-state index contributed by atoms with van der Waals surface area (Å²) in [7, 11) is 1.55. The van der Waals surface area contributed by atoms with E-state index in [4.69, 9.17) is 18.9 Å². The third-order valence-electron chi connectivity index (χ3n) is 7.05. The maximum Gasteiger partial charge on any atom is 0.338 e. The summed E-state index contributed by atoms with van der Waals surface area (Å²) in [5, 5.41) is 10.9. The number of ether oxygens (including phenoxy) is 4. The van der Waals surface area contributed by atoms with Gasteiger partial charge in [0.2, 0.25) is 0 Å². The summed E-state index contributed by atoms with van der Waals surface area (Å²) in [4.78, 5) is 42.7. The monoisotopic (exact) mass is 629 g/mol. The molecule has 1 aliphatic rings. The first kappa shape index (κ1) is 31.2. The molecule has 0 fully saturated rings. The van der Waals surface area contributed by atoms with Crippen molar-refractivity contribution in [3.8, 4) is 17.2 Å². The van der Waals surface area contributed by atoms with Crippen molar-refractivity contribution in [1.29, 1.82) is 0 Å². The summed E-state index contributed by atoms with van der Waals surface area (Å²) in [6.45, 7) is 6.15. The van der Waals surface area contributed by atoms with Crippen LogP contribution in [0.15, 0.2) is 87.8 Å². The molecule has 1 unspecified atom stereocenters. The van der Waals surface area contributed by atoms with Gasteiger partial charge in [-0.1, -0.05) is 29.5 Å². The molecule has 45 heavy (non-hydrogen) atoms. The van der Waals surface area contributed by atoms with Crippen LogP contribution >= 0.6 is 11.3 Å². The van der Waals surface area contributed by atoms with Crippen LogP contribution in [-0.4, -0.2) is 35.8 Å². The van der Waals surface area contributed by atoms with E-state index >= 15 is 0 Å². The van der Waals surface area contributed by atoms with Crippen LogP contribution in [0, 0.1) is 10.1 Å². The summed E-state index contributed by atoms with van der Waals surface area (Å²) >= 11 is 1.23. The first-order valence-electron chi connectivity index (χ1n) is 14.2. The van der Waals surface area contributed by atoms with E-state index in [1.807, 2.05) is 19.1 Å². The van der Waals surface area contributed by atoms with E-state index in [1.54, 1.807) is 69.5 Å². The molecule has 0 saturated carbocycles. The number of nitrogens with zero attached hydrogens (tertiary/aromatic N) is 3. The maximum atomic E-state index is 13.9. The Morgan fingerprint density at radius 2 is 1.76 bits per heavy atom. The normalized spacial score (nSPS) is 14.4. The van der Waals surface area contributed by atoms with E-state index in [9.17, 15) is 19.7 Å². The molecular formula is C33H31N3O8S. The van der Waals surface area contributed by atoms with Gasteiger partial charge in [-0.15, -0.1) is 0 Å². The molecule has 0 bridgehead atoms. The van der Waals surface area contributed by atoms with Crippen LogP contribution in [-0.2, 0) is 16.1 Å². The number of non-ortho nitro benzene ring substituents is 1. The van der Waals surface area contributed by atoms with Crippen LogP contribution in [0.2, 0.25) is 0 Å². The molecule has 0 spiro atoms. The van der Waals surface area contributed by atoms with E-state index in [2.05, 4.69) is 4.99 Å². The number of carbonyl (C=O) groups is 1. The van der Waals surface area contributed by atoms with Gasteiger partial charge < -0.3 is 18.9 Å². The highest BCUT2D eigenvalue weighted by Gasteiger charge is 2.34. The zero-order chi connectivity index (χ0) is 32.1. The summed E-state index contributed by atoms with van der Waals surface area (Å²) < 4.78 is 24.4. The number of benzene rings is 3. The van der Waals surface area contributed by atoms with Crippen LogP contribution in [0.4, 0.5) is 5.69 Å². The number of hydrogen-bond donors (Lipinski definition) is 0. The number of esters is 1. The Morgan fingerprint density at radius 3 is 2.40 bits per heavy atom. The minimum atomic E-state index is -0.789. The predicted molar refractivity (Wildman–Crippen MR) is 168 cm³/mol. The zero-order valence-corrected chi connectivity index (χ0v) is 26.0. The summed E-state index contributed by atoms with van der Waals surface area (Å²) in [5.41, 5.74) is 2.68. The Bertz CT molecular complexity index is 1940. The van der Waals surface area contributed by atoms with Crippen LogP contribution in [0.3, 0.4) is 0 Å². The van der Waals surface area contributed by atoms with Crippen molar-refractivity contribution in [2.45, 2.75) is 33.4 Å². The number of nitro benzene ring substituents is 1. The molecule has 1 aliphatic heterocycles. The fourth-order valence-electron chi connectivity index (χ4n) is 4.93. The average molecular weight is 630 g/mol. The second kappa shape index (κ2) is 13.6. The van der Waals surface area contributed by atoms with Gasteiger partial charge >= 0.3 is 5.97 Å². The standard InChI is InChI=1S/C33H31N3O8S/c1-5-42-27-18-23(11-16-26(27)41-4)30-29(32(38)43-6-2)20(3)34-33-35(30)31(37)28(45-33)17-21-9-14-25(15-10-21)44-19-22-7-12-24(13-8-22)36(39)40/h7-18,30H,5-6,19H2,1-4H3/b28-17-. The van der Waals surface area contributed by atoms with Crippen LogP contribution in [0.1, 0.15) is 43.5 Å². The van der Waals surface area contributed by atoms with Crippen LogP contribution < -0.4 is 29.1 Å². The topological polar surface area (TPSA) is 131 Å². The molecule has 4 aromatic rings. The lowest BCUT2D eigenvalue weighted by atomic mass is 9.95. The van der Waals surface area contributed by atoms with Crippen molar-refractivity contribution in [3.63, 3.8) is 0 Å². The second-order valence-corrected chi connectivity index (χ2v) is 10.9. The SMILES string of the molecule is CCOC(=O)C1=C(C)N=c2s/c(=C\c3ccc(OCc4ccc([N+](=O)[O-])cc4)cc3)c(=O)n2C1c1ccc(OC)c(OCC)c1. The van der Waals surface area contributed by atoms with Gasteiger partial charge in [-0.25, -0.2) is 9.79 Å². The van der Waals surface area contributed by atoms with E-state index in [-0.39, 0.29) is 30.0 Å². The first-order valence-corrected chi connectivity index (χ1v) is 15.0. The quantitative estimate of drug-likeness (QED) is 0.133. The Balaban J connectivity index is 1.48. The van der Waals surface area contributed by atoms with E-state index < -0.39 is 16.9 Å². The van der Waals surface area contributed by atoms with E-state index in [1.165, 1.54) is 28.0 Å². The van der Waals surface area contributed by atoms with Gasteiger partial charge in [0.05, 0.1) is 47.1 Å². The number of rotatable bonds is 11. The highest BCUT2D eigenvalue weighted by Crippen LogP contribution is 2.36. The Hall–Kier alpha value is -5.23. The fourth-order valence-corrected chi connectivity index (χ4v) is 5.98. The van der Waals surface area contributed by atoms with Gasteiger partial charge in [0.1, 0.15) is 12.4 Å². The molecule has 0 saturated heterocycles. The number of aromatic nitrogens is 1. The number of nitro groups is 1. The Kier molecular flexibility index (Phi) is 9.43. The molecule has 0 aliphatic carbocycles. The largest absolute Gasteiger partial charge is 0.493 e. The van der Waals surface area contributed by atoms with E-state index in [0.29, 0.717) is 44.4 Å². The van der Waals surface area contributed by atoms with Crippen molar-refractivity contribution in [2.75, 3.05) is 20.3 Å². The Labute approximate surface area is 262 Å². The molecule has 232 valence electrons. The number of allylic oxidation sites excluding steroid dienone is 1. The molecule has 12 heteroatoms. The number of fused-ring (bicyclic) bond motifs is 1. The molecule has 3 aromatic carbocycles. The molecule has 1 aromatic heterocycles. The minimum Gasteiger partial charge on any atom is -0.493 e. The Morgan fingerprint density at radius 1 is 1.02 bits per heavy atom. The van der Waals surface area contributed by atoms with Crippen molar-refractivity contribution >= 4 is 29.1 Å². The minimum absolute atomic E-state index is 0.0197. The molecule has 0 radical (unpaired) electrons. The molecular weight excluding hydrogens is 598 g/mol. The number of carbonyl (C=O) groups excluding carboxylic acids is 1. The summed E-state index contributed by atoms with van der Waals surface area (Å²) in [5.74, 6) is 1.09. The van der Waals surface area contributed by atoms with Gasteiger partial charge in [0.25, 0.3) is 11.2 Å². The maximum absolute atomic E-state index is 13.9. The van der Waals surface area contributed by atoms with Gasteiger partial charge in [0.15, 0.2) is 16.3 Å². The zero-order valence-electron chi connectivity index (χ0n) is 25.1. The lowest BCUT2D eigenvalue weighted by Crippen LogP contribution is -2.40. The number of thiazole rings is 1. The highest BCUT2D eigenvalue weighted by atomic mass is 32.1. The second-order valence-electron chi connectivity index (χ2n) is 9.93. The molecule has 0 amide bonds. The smallest absolute Gasteiger partial charge is 0.338 e. The predicted octanol–water partition coefficient (Wildman–Crippen LogP) is 4.69. The molecule has 1 atom stereocenters. The lowest BCUT2D eigenvalue weighted by molar-refractivity contribution is -0.384. The number of hydrogen-bond acceptors (Lipinski definition) is 10. The van der Waals surface area contributed by atoms with Gasteiger partial charge in [0, 0.05) is 12.1 Å². The molecule has 5 rings (SSSR count). The third-order valence-corrected chi connectivity index (χ3v) is 8.03. The van der Waals surface area contributed by atoms with Crippen LogP contribution in [0.25, 0.3) is 6.08 Å².